The SMILES string of the molecule is Cc1ccc(Cn2cncc2CC[C@H]2CCN(Cc3cc(Cl)ccc3F)C2=O)cc1. The average Bonchev–Trinajstić information content (AvgIpc) is 3.31. The monoisotopic (exact) mass is 425 g/mol. The largest absolute Gasteiger partial charge is 0.338 e. The summed E-state index contributed by atoms with van der Waals surface area (Å²) in [5, 5.41) is 0.483. The molecule has 0 saturated carbocycles. The number of hydrogen-bond acceptors (Lipinski definition) is 2. The van der Waals surface area contributed by atoms with E-state index >= 15 is 0 Å². The Hall–Kier alpha value is -2.66. The highest BCUT2D eigenvalue weighted by molar-refractivity contribution is 6.30. The van der Waals surface area contributed by atoms with Crippen molar-refractivity contribution in [1.29, 1.82) is 0 Å². The molecule has 1 saturated heterocycles. The summed E-state index contributed by atoms with van der Waals surface area (Å²) >= 11 is 5.98. The van der Waals surface area contributed by atoms with Crippen LogP contribution in [-0.2, 0) is 24.3 Å². The maximum absolute atomic E-state index is 14.0. The molecule has 0 radical (unpaired) electrons. The number of carbonyl (C=O) groups excluding carboxylic acids is 1. The molecule has 156 valence electrons. The van der Waals surface area contributed by atoms with Gasteiger partial charge in [-0.15, -0.1) is 0 Å². The zero-order valence-corrected chi connectivity index (χ0v) is 17.8. The second-order valence-electron chi connectivity index (χ2n) is 8.02. The lowest BCUT2D eigenvalue weighted by Gasteiger charge is -2.17. The van der Waals surface area contributed by atoms with Crippen molar-refractivity contribution in [1.82, 2.24) is 14.5 Å². The third-order valence-electron chi connectivity index (χ3n) is 5.80. The first-order chi connectivity index (χ1) is 14.5. The van der Waals surface area contributed by atoms with Gasteiger partial charge in [0.25, 0.3) is 0 Å². The van der Waals surface area contributed by atoms with E-state index in [0.29, 0.717) is 17.1 Å². The molecule has 30 heavy (non-hydrogen) atoms. The van der Waals surface area contributed by atoms with E-state index in [1.54, 1.807) is 11.0 Å². The number of hydrogen-bond donors (Lipinski definition) is 0. The van der Waals surface area contributed by atoms with Gasteiger partial charge in [0.05, 0.1) is 6.33 Å². The van der Waals surface area contributed by atoms with E-state index in [2.05, 4.69) is 40.7 Å². The molecular formula is C24H25ClFN3O. The van der Waals surface area contributed by atoms with Gasteiger partial charge in [-0.3, -0.25) is 4.79 Å². The molecule has 2 aromatic carbocycles. The first kappa shape index (κ1) is 20.6. The van der Waals surface area contributed by atoms with Crippen LogP contribution in [0.4, 0.5) is 4.39 Å². The van der Waals surface area contributed by atoms with Crippen LogP contribution in [0, 0.1) is 18.7 Å². The van der Waals surface area contributed by atoms with E-state index < -0.39 is 0 Å². The summed E-state index contributed by atoms with van der Waals surface area (Å²) in [5.74, 6) is -0.260. The minimum atomic E-state index is -0.323. The fourth-order valence-electron chi connectivity index (χ4n) is 4.01. The summed E-state index contributed by atoms with van der Waals surface area (Å²) in [4.78, 5) is 18.9. The Morgan fingerprint density at radius 2 is 1.97 bits per heavy atom. The van der Waals surface area contributed by atoms with Crippen molar-refractivity contribution in [3.05, 3.63) is 88.2 Å². The topological polar surface area (TPSA) is 38.1 Å². The maximum atomic E-state index is 14.0. The van der Waals surface area contributed by atoms with Crippen LogP contribution in [0.25, 0.3) is 0 Å². The Kier molecular flexibility index (Phi) is 6.18. The van der Waals surface area contributed by atoms with E-state index in [9.17, 15) is 9.18 Å². The van der Waals surface area contributed by atoms with Crippen LogP contribution in [-0.4, -0.2) is 26.9 Å². The van der Waals surface area contributed by atoms with E-state index in [0.717, 1.165) is 31.5 Å². The lowest BCUT2D eigenvalue weighted by atomic mass is 10.0. The first-order valence-corrected chi connectivity index (χ1v) is 10.6. The fourth-order valence-corrected chi connectivity index (χ4v) is 4.20. The Bertz CT molecular complexity index is 1030. The highest BCUT2D eigenvalue weighted by Gasteiger charge is 2.31. The number of benzene rings is 2. The predicted octanol–water partition coefficient (Wildman–Crippen LogP) is 5.01. The second kappa shape index (κ2) is 9.00. The molecule has 6 heteroatoms. The van der Waals surface area contributed by atoms with Crippen LogP contribution in [0.1, 0.15) is 35.2 Å². The van der Waals surface area contributed by atoms with Gasteiger partial charge in [0, 0.05) is 48.0 Å². The van der Waals surface area contributed by atoms with Crippen molar-refractivity contribution in [3.8, 4) is 0 Å². The summed E-state index contributed by atoms with van der Waals surface area (Å²) in [7, 11) is 0. The van der Waals surface area contributed by atoms with Crippen LogP contribution in [0.15, 0.2) is 55.0 Å². The smallest absolute Gasteiger partial charge is 0.226 e. The number of imidazole rings is 1. The van der Waals surface area contributed by atoms with E-state index in [-0.39, 0.29) is 24.2 Å². The number of nitrogens with zero attached hydrogens (tertiary/aromatic N) is 3. The molecule has 1 fully saturated rings. The van der Waals surface area contributed by atoms with Crippen LogP contribution >= 0.6 is 11.6 Å². The standard InChI is InChI=1S/C24H25ClFN3O/c1-17-2-4-18(5-3-17)14-29-16-27-13-22(29)8-6-19-10-11-28(24(19)30)15-20-12-21(25)7-9-23(20)26/h2-5,7,9,12-13,16,19H,6,8,10-11,14-15H2,1H3/t19-/m0/s1. The number of carbonyl (C=O) groups is 1. The van der Waals surface area contributed by atoms with Crippen LogP contribution in [0.2, 0.25) is 5.02 Å². The molecule has 1 aliphatic rings. The van der Waals surface area contributed by atoms with Crippen molar-refractivity contribution >= 4 is 17.5 Å². The zero-order chi connectivity index (χ0) is 21.1. The molecule has 1 aliphatic heterocycles. The van der Waals surface area contributed by atoms with E-state index in [1.807, 2.05) is 12.5 Å². The number of amides is 1. The summed E-state index contributed by atoms with van der Waals surface area (Å²) in [6.45, 7) is 3.77. The van der Waals surface area contributed by atoms with Crippen molar-refractivity contribution in [3.63, 3.8) is 0 Å². The minimum absolute atomic E-state index is 0.0324. The minimum Gasteiger partial charge on any atom is -0.338 e. The number of rotatable bonds is 7. The summed E-state index contributed by atoms with van der Waals surface area (Å²) in [6.07, 6.45) is 6.09. The Morgan fingerprint density at radius 1 is 1.17 bits per heavy atom. The quantitative estimate of drug-likeness (QED) is 0.533. The average molecular weight is 426 g/mol. The van der Waals surface area contributed by atoms with Gasteiger partial charge in [-0.05, 0) is 49.9 Å². The molecule has 4 nitrogen and oxygen atoms in total. The molecule has 3 aromatic rings. The lowest BCUT2D eigenvalue weighted by Crippen LogP contribution is -2.27. The molecule has 4 rings (SSSR count). The molecule has 1 atom stereocenters. The van der Waals surface area contributed by atoms with Crippen LogP contribution in [0.5, 0.6) is 0 Å². The van der Waals surface area contributed by atoms with Crippen LogP contribution < -0.4 is 0 Å². The van der Waals surface area contributed by atoms with Gasteiger partial charge in [-0.1, -0.05) is 41.4 Å². The molecule has 0 unspecified atom stereocenters. The number of halogens is 2. The summed E-state index contributed by atoms with van der Waals surface area (Å²) in [6, 6.07) is 13.0. The van der Waals surface area contributed by atoms with Crippen molar-refractivity contribution in [2.45, 2.75) is 39.3 Å². The lowest BCUT2D eigenvalue weighted by molar-refractivity contribution is -0.131. The van der Waals surface area contributed by atoms with Crippen molar-refractivity contribution < 1.29 is 9.18 Å². The fraction of sp³-hybridized carbons (Fsp3) is 0.333. The molecule has 0 spiro atoms. The van der Waals surface area contributed by atoms with Gasteiger partial charge >= 0.3 is 0 Å². The Labute approximate surface area is 181 Å². The third-order valence-corrected chi connectivity index (χ3v) is 6.03. The van der Waals surface area contributed by atoms with Gasteiger partial charge in [0.2, 0.25) is 5.91 Å². The van der Waals surface area contributed by atoms with Crippen molar-refractivity contribution in [2.24, 2.45) is 5.92 Å². The molecule has 1 aromatic heterocycles. The third kappa shape index (κ3) is 4.73. The number of likely N-dealkylation sites (tertiary alicyclic amines) is 1. The van der Waals surface area contributed by atoms with Gasteiger partial charge in [-0.2, -0.15) is 0 Å². The molecule has 2 heterocycles. The first-order valence-electron chi connectivity index (χ1n) is 10.3. The Morgan fingerprint density at radius 3 is 2.77 bits per heavy atom. The zero-order valence-electron chi connectivity index (χ0n) is 17.0. The highest BCUT2D eigenvalue weighted by atomic mass is 35.5. The maximum Gasteiger partial charge on any atom is 0.226 e. The van der Waals surface area contributed by atoms with Gasteiger partial charge < -0.3 is 9.47 Å². The van der Waals surface area contributed by atoms with Gasteiger partial charge in [0.1, 0.15) is 5.82 Å². The normalized spacial score (nSPS) is 16.4. The molecular weight excluding hydrogens is 401 g/mol. The van der Waals surface area contributed by atoms with Gasteiger partial charge in [0.15, 0.2) is 0 Å². The summed E-state index contributed by atoms with van der Waals surface area (Å²) < 4.78 is 16.2. The Balaban J connectivity index is 1.35. The highest BCUT2D eigenvalue weighted by Crippen LogP contribution is 2.26. The van der Waals surface area contributed by atoms with Crippen LogP contribution in [0.3, 0.4) is 0 Å². The van der Waals surface area contributed by atoms with E-state index in [4.69, 9.17) is 11.6 Å². The predicted molar refractivity (Wildman–Crippen MR) is 116 cm³/mol. The molecule has 0 aliphatic carbocycles. The number of aromatic nitrogens is 2. The molecule has 0 bridgehead atoms. The molecule has 0 N–H and O–H groups in total. The van der Waals surface area contributed by atoms with Crippen molar-refractivity contribution in [2.75, 3.05) is 6.54 Å². The number of aryl methyl sites for hydroxylation is 2. The second-order valence-corrected chi connectivity index (χ2v) is 8.45. The van der Waals surface area contributed by atoms with E-state index in [1.165, 1.54) is 23.3 Å². The summed E-state index contributed by atoms with van der Waals surface area (Å²) in [5.41, 5.74) is 4.06. The van der Waals surface area contributed by atoms with Gasteiger partial charge in [-0.25, -0.2) is 9.37 Å². The molecule has 1 amide bonds.